The zero-order valence-electron chi connectivity index (χ0n) is 14.8. The summed E-state index contributed by atoms with van der Waals surface area (Å²) in [5.74, 6) is 0.349. The molecule has 0 atom stereocenters. The van der Waals surface area contributed by atoms with E-state index in [-0.39, 0.29) is 11.7 Å². The second kappa shape index (κ2) is 8.86. The molecular formula is C21H15Cl2F3NO2+. The quantitative estimate of drug-likeness (QED) is 0.552. The Morgan fingerprint density at radius 1 is 0.931 bits per heavy atom. The molecule has 0 bridgehead atoms. The second-order valence-corrected chi connectivity index (χ2v) is 7.00. The van der Waals surface area contributed by atoms with Crippen LogP contribution in [0.15, 0.2) is 66.7 Å². The van der Waals surface area contributed by atoms with Gasteiger partial charge in [-0.3, -0.25) is 5.32 Å². The van der Waals surface area contributed by atoms with Crippen LogP contribution in [0.4, 0.5) is 13.2 Å². The van der Waals surface area contributed by atoms with Gasteiger partial charge in [0.05, 0.1) is 16.1 Å². The summed E-state index contributed by atoms with van der Waals surface area (Å²) < 4.78 is 43.5. The lowest BCUT2D eigenvalue weighted by molar-refractivity contribution is -0.571. The Bertz CT molecular complexity index is 1020. The number of ether oxygens (including phenoxy) is 1. The molecule has 3 rings (SSSR count). The van der Waals surface area contributed by atoms with E-state index in [1.54, 1.807) is 36.4 Å². The number of amides is 1. The number of hydrogen-bond acceptors (Lipinski definition) is 2. The van der Waals surface area contributed by atoms with Crippen LogP contribution in [-0.4, -0.2) is 5.91 Å². The number of benzene rings is 3. The van der Waals surface area contributed by atoms with Gasteiger partial charge in [-0.2, -0.15) is 13.2 Å². The molecule has 0 unspecified atom stereocenters. The molecule has 0 radical (unpaired) electrons. The topological polar surface area (TPSA) is 42.9 Å². The van der Waals surface area contributed by atoms with Gasteiger partial charge in [0.2, 0.25) is 0 Å². The molecule has 2 N–H and O–H groups in total. The van der Waals surface area contributed by atoms with Crippen molar-refractivity contribution in [2.45, 2.75) is 12.7 Å². The first-order chi connectivity index (χ1) is 13.7. The fraction of sp³-hybridized carbons (Fsp3) is 0.0952. The van der Waals surface area contributed by atoms with Crippen molar-refractivity contribution in [2.24, 2.45) is 0 Å². The minimum Gasteiger partial charge on any atom is -0.457 e. The highest BCUT2D eigenvalue weighted by Crippen LogP contribution is 2.31. The Morgan fingerprint density at radius 3 is 2.31 bits per heavy atom. The standard InChI is InChI=1S/C21H14Cl2F3NO2/c22-16-7-4-14(19(23)11-16)12-27-20(28)13-2-1-3-18(10-13)29-17-8-5-15(6-9-17)21(24,25)26/h1-11H,12H2,(H,27,28)/p+1. The fourth-order valence-electron chi connectivity index (χ4n) is 2.57. The molecule has 0 aliphatic rings. The Morgan fingerprint density at radius 2 is 1.66 bits per heavy atom. The van der Waals surface area contributed by atoms with Crippen LogP contribution in [0.5, 0.6) is 11.5 Å². The lowest BCUT2D eigenvalue weighted by atomic mass is 10.1. The maximum atomic E-state index is 12.6. The van der Waals surface area contributed by atoms with Gasteiger partial charge >= 0.3 is 12.1 Å². The monoisotopic (exact) mass is 440 g/mol. The predicted octanol–water partition coefficient (Wildman–Crippen LogP) is 5.71. The predicted molar refractivity (Wildman–Crippen MR) is 104 cm³/mol. The smallest absolute Gasteiger partial charge is 0.416 e. The van der Waals surface area contributed by atoms with Crippen molar-refractivity contribution in [3.05, 3.63) is 93.5 Å². The third-order valence-electron chi connectivity index (χ3n) is 4.06. The molecule has 0 heterocycles. The molecule has 0 aromatic heterocycles. The number of nitrogens with two attached hydrogens (primary N) is 1. The molecule has 0 fully saturated rings. The maximum absolute atomic E-state index is 12.6. The largest absolute Gasteiger partial charge is 0.457 e. The number of hydrogen-bond donors (Lipinski definition) is 1. The van der Waals surface area contributed by atoms with Crippen molar-refractivity contribution in [1.82, 2.24) is 0 Å². The van der Waals surface area contributed by atoms with Gasteiger partial charge in [0.1, 0.15) is 18.0 Å². The van der Waals surface area contributed by atoms with E-state index in [2.05, 4.69) is 0 Å². The number of carbonyl (C=O) groups is 1. The van der Waals surface area contributed by atoms with Gasteiger partial charge in [0.25, 0.3) is 0 Å². The molecular weight excluding hydrogens is 426 g/mol. The van der Waals surface area contributed by atoms with Gasteiger partial charge in [0, 0.05) is 10.6 Å². The normalized spacial score (nSPS) is 11.3. The second-order valence-electron chi connectivity index (χ2n) is 6.16. The van der Waals surface area contributed by atoms with Crippen molar-refractivity contribution in [3.63, 3.8) is 0 Å². The highest BCUT2D eigenvalue weighted by atomic mass is 35.5. The molecule has 3 aromatic rings. The van der Waals surface area contributed by atoms with Gasteiger partial charge in [-0.25, -0.2) is 4.79 Å². The lowest BCUT2D eigenvalue weighted by Crippen LogP contribution is -2.86. The van der Waals surface area contributed by atoms with Gasteiger partial charge in [0.15, 0.2) is 0 Å². The Hall–Kier alpha value is -2.54. The summed E-state index contributed by atoms with van der Waals surface area (Å²) in [5.41, 5.74) is 0.394. The molecule has 0 saturated heterocycles. The summed E-state index contributed by atoms with van der Waals surface area (Å²) in [4.78, 5) is 12.5. The maximum Gasteiger partial charge on any atom is 0.416 e. The van der Waals surface area contributed by atoms with Crippen molar-refractivity contribution >= 4 is 29.1 Å². The fourth-order valence-corrected chi connectivity index (χ4v) is 3.05. The van der Waals surface area contributed by atoms with Crippen LogP contribution in [0.1, 0.15) is 21.5 Å². The minimum absolute atomic E-state index is 0.228. The van der Waals surface area contributed by atoms with Crippen LogP contribution in [0.25, 0.3) is 0 Å². The van der Waals surface area contributed by atoms with Crippen LogP contribution in [0, 0.1) is 0 Å². The number of rotatable bonds is 5. The first kappa shape index (κ1) is 21.2. The van der Waals surface area contributed by atoms with Gasteiger partial charge in [-0.15, -0.1) is 0 Å². The van der Waals surface area contributed by atoms with Crippen molar-refractivity contribution in [2.75, 3.05) is 0 Å². The molecule has 1 amide bonds. The van der Waals surface area contributed by atoms with E-state index in [9.17, 15) is 18.0 Å². The van der Waals surface area contributed by atoms with E-state index in [0.717, 1.165) is 17.7 Å². The number of quaternary nitrogens is 1. The minimum atomic E-state index is -4.41. The van der Waals surface area contributed by atoms with E-state index in [4.69, 9.17) is 27.9 Å². The molecule has 8 heteroatoms. The number of primary amides is 1. The van der Waals surface area contributed by atoms with Crippen molar-refractivity contribution < 1.29 is 28.0 Å². The van der Waals surface area contributed by atoms with Gasteiger partial charge in [-0.1, -0.05) is 35.3 Å². The highest BCUT2D eigenvalue weighted by Gasteiger charge is 2.30. The van der Waals surface area contributed by atoms with E-state index in [0.29, 0.717) is 27.9 Å². The zero-order chi connectivity index (χ0) is 21.0. The Balaban J connectivity index is 1.66. The summed E-state index contributed by atoms with van der Waals surface area (Å²) in [7, 11) is 0. The van der Waals surface area contributed by atoms with Crippen LogP contribution < -0.4 is 10.1 Å². The molecule has 150 valence electrons. The van der Waals surface area contributed by atoms with Crippen molar-refractivity contribution in [1.29, 1.82) is 0 Å². The third kappa shape index (κ3) is 5.73. The van der Waals surface area contributed by atoms with E-state index in [1.165, 1.54) is 23.5 Å². The van der Waals surface area contributed by atoms with Crippen LogP contribution in [0.3, 0.4) is 0 Å². The lowest BCUT2D eigenvalue weighted by Gasteiger charge is -2.09. The average molecular weight is 441 g/mol. The molecule has 0 spiro atoms. The molecule has 29 heavy (non-hydrogen) atoms. The number of alkyl halides is 3. The Labute approximate surface area is 175 Å². The number of carbonyl (C=O) groups excluding carboxylic acids is 1. The van der Waals surface area contributed by atoms with Gasteiger partial charge < -0.3 is 4.74 Å². The van der Waals surface area contributed by atoms with Crippen LogP contribution in [-0.2, 0) is 12.7 Å². The van der Waals surface area contributed by atoms with Gasteiger partial charge in [-0.05, 0) is 54.6 Å². The van der Waals surface area contributed by atoms with E-state index >= 15 is 0 Å². The van der Waals surface area contributed by atoms with Crippen LogP contribution >= 0.6 is 23.2 Å². The zero-order valence-corrected chi connectivity index (χ0v) is 16.4. The Kier molecular flexibility index (Phi) is 6.47. The van der Waals surface area contributed by atoms with Crippen LogP contribution in [0.2, 0.25) is 10.0 Å². The molecule has 3 nitrogen and oxygen atoms in total. The van der Waals surface area contributed by atoms with Crippen molar-refractivity contribution in [3.8, 4) is 11.5 Å². The highest BCUT2D eigenvalue weighted by molar-refractivity contribution is 6.35. The summed E-state index contributed by atoms with van der Waals surface area (Å²) in [6.07, 6.45) is -4.41. The summed E-state index contributed by atoms with van der Waals surface area (Å²) >= 11 is 12.0. The summed E-state index contributed by atoms with van der Waals surface area (Å²) in [6, 6.07) is 15.8. The molecule has 0 aliphatic carbocycles. The molecule has 0 saturated carbocycles. The van der Waals surface area contributed by atoms with E-state index in [1.807, 2.05) is 0 Å². The SMILES string of the molecule is O=C([NH2+]Cc1ccc(Cl)cc1Cl)c1cccc(Oc2ccc(C(F)(F)F)cc2)c1. The average Bonchev–Trinajstić information content (AvgIpc) is 2.67. The third-order valence-corrected chi connectivity index (χ3v) is 4.65. The molecule has 0 aliphatic heterocycles. The first-order valence-corrected chi connectivity index (χ1v) is 9.24. The first-order valence-electron chi connectivity index (χ1n) is 8.49. The summed E-state index contributed by atoms with van der Waals surface area (Å²) in [5, 5.41) is 2.48. The number of halogens is 5. The van der Waals surface area contributed by atoms with E-state index < -0.39 is 11.7 Å². The summed E-state index contributed by atoms with van der Waals surface area (Å²) in [6.45, 7) is 0.332. The molecule has 3 aromatic carbocycles.